The van der Waals surface area contributed by atoms with Crippen LogP contribution in [0.4, 0.5) is 0 Å². The Bertz CT molecular complexity index is 354. The Labute approximate surface area is 74.2 Å². The van der Waals surface area contributed by atoms with Crippen molar-refractivity contribution >= 4 is 18.2 Å². The van der Waals surface area contributed by atoms with Crippen molar-refractivity contribution < 1.29 is 9.53 Å². The number of nitrogens with zero attached hydrogens (tertiary/aromatic N) is 1. The maximum atomic E-state index is 11.1. The van der Waals surface area contributed by atoms with Gasteiger partial charge in [0.15, 0.2) is 4.77 Å². The lowest BCUT2D eigenvalue weighted by Crippen LogP contribution is -2.13. The topological polar surface area (TPSA) is 47.0 Å². The van der Waals surface area contributed by atoms with Gasteiger partial charge in [-0.25, -0.2) is 4.79 Å². The molecule has 0 radical (unpaired) electrons. The smallest absolute Gasteiger partial charge is 0.329 e. The summed E-state index contributed by atoms with van der Waals surface area (Å²) in [5.41, 5.74) is 0. The van der Waals surface area contributed by atoms with Crippen LogP contribution in [-0.2, 0) is 9.53 Å². The number of hydrogen-bond acceptors (Lipinski definition) is 3. The number of H-pyrrole nitrogens is 1. The maximum Gasteiger partial charge on any atom is 0.329 e. The minimum atomic E-state index is -0.219. The van der Waals surface area contributed by atoms with E-state index in [0.29, 0.717) is 17.8 Å². The second kappa shape index (κ2) is 2.75. The van der Waals surface area contributed by atoms with Crippen LogP contribution in [0.1, 0.15) is 12.5 Å². The molecule has 1 unspecified atom stereocenters. The number of ether oxygens (including phenoxy) is 1. The third-order valence-corrected chi connectivity index (χ3v) is 2.25. The van der Waals surface area contributed by atoms with Crippen LogP contribution in [0.3, 0.4) is 0 Å². The quantitative estimate of drug-likeness (QED) is 0.524. The van der Waals surface area contributed by atoms with Crippen molar-refractivity contribution in [1.29, 1.82) is 0 Å². The van der Waals surface area contributed by atoms with Gasteiger partial charge in [-0.05, 0) is 12.2 Å². The standard InChI is InChI=1S/C7H8N2O2S/c10-6-5(1-4-11-6)9-3-2-8-7(9)12/h2-3,5H,1,4H2,(H,8,12). The number of esters is 1. The summed E-state index contributed by atoms with van der Waals surface area (Å²) in [5, 5.41) is 0. The lowest BCUT2D eigenvalue weighted by Gasteiger charge is -2.05. The number of nitrogens with one attached hydrogen (secondary N) is 1. The van der Waals surface area contributed by atoms with Crippen molar-refractivity contribution in [3.8, 4) is 0 Å². The predicted molar refractivity (Wildman–Crippen MR) is 44.2 cm³/mol. The number of cyclic esters (lactones) is 1. The molecule has 0 aromatic carbocycles. The van der Waals surface area contributed by atoms with E-state index in [9.17, 15) is 4.79 Å². The average molecular weight is 184 g/mol. The minimum Gasteiger partial charge on any atom is -0.464 e. The molecule has 5 heteroatoms. The molecule has 2 heterocycles. The van der Waals surface area contributed by atoms with Crippen molar-refractivity contribution in [3.63, 3.8) is 0 Å². The van der Waals surface area contributed by atoms with Gasteiger partial charge in [-0.2, -0.15) is 0 Å². The fourth-order valence-corrected chi connectivity index (χ4v) is 1.57. The number of aromatic nitrogens is 2. The van der Waals surface area contributed by atoms with E-state index in [1.54, 1.807) is 17.0 Å². The average Bonchev–Trinajstić information content (AvgIpc) is 2.59. The summed E-state index contributed by atoms with van der Waals surface area (Å²) in [5.74, 6) is -0.189. The van der Waals surface area contributed by atoms with Crippen LogP contribution in [0.15, 0.2) is 12.4 Å². The van der Waals surface area contributed by atoms with E-state index in [1.165, 1.54) is 0 Å². The third-order valence-electron chi connectivity index (χ3n) is 1.92. The number of carbonyl (C=O) groups excluding carboxylic acids is 1. The van der Waals surface area contributed by atoms with Crippen molar-refractivity contribution in [3.05, 3.63) is 17.2 Å². The molecule has 4 nitrogen and oxygen atoms in total. The SMILES string of the molecule is O=C1OCCC1n1cc[nH]c1=S. The number of rotatable bonds is 1. The van der Waals surface area contributed by atoms with Gasteiger partial charge in [0.1, 0.15) is 6.04 Å². The number of aromatic amines is 1. The van der Waals surface area contributed by atoms with E-state index in [0.717, 1.165) is 0 Å². The molecule has 0 aliphatic carbocycles. The van der Waals surface area contributed by atoms with Gasteiger partial charge in [-0.1, -0.05) is 0 Å². The van der Waals surface area contributed by atoms with Crippen LogP contribution in [-0.4, -0.2) is 22.1 Å². The highest BCUT2D eigenvalue weighted by Crippen LogP contribution is 2.20. The van der Waals surface area contributed by atoms with Crippen molar-refractivity contribution in [2.24, 2.45) is 0 Å². The summed E-state index contributed by atoms with van der Waals surface area (Å²) in [6.07, 6.45) is 4.19. The predicted octanol–water partition coefficient (Wildman–Crippen LogP) is 1.03. The van der Waals surface area contributed by atoms with E-state index in [1.807, 2.05) is 0 Å². The highest BCUT2D eigenvalue weighted by Gasteiger charge is 2.27. The summed E-state index contributed by atoms with van der Waals surface area (Å²) in [7, 11) is 0. The molecule has 1 aromatic heterocycles. The Morgan fingerprint density at radius 2 is 2.58 bits per heavy atom. The summed E-state index contributed by atoms with van der Waals surface area (Å²) in [6, 6.07) is -0.219. The molecule has 12 heavy (non-hydrogen) atoms. The Morgan fingerprint density at radius 1 is 1.75 bits per heavy atom. The fourth-order valence-electron chi connectivity index (χ4n) is 1.31. The van der Waals surface area contributed by atoms with Gasteiger partial charge in [-0.3, -0.25) is 0 Å². The normalized spacial score (nSPS) is 22.7. The molecule has 1 atom stereocenters. The maximum absolute atomic E-state index is 11.1. The van der Waals surface area contributed by atoms with E-state index in [4.69, 9.17) is 17.0 Å². The van der Waals surface area contributed by atoms with Gasteiger partial charge in [0, 0.05) is 18.8 Å². The molecule has 0 bridgehead atoms. The van der Waals surface area contributed by atoms with Gasteiger partial charge in [0.25, 0.3) is 0 Å². The monoisotopic (exact) mass is 184 g/mol. The molecule has 64 valence electrons. The van der Waals surface area contributed by atoms with Crippen LogP contribution in [0.25, 0.3) is 0 Å². The first-order valence-corrected chi connectivity index (χ1v) is 4.12. The largest absolute Gasteiger partial charge is 0.464 e. The summed E-state index contributed by atoms with van der Waals surface area (Å²) < 4.78 is 7.12. The van der Waals surface area contributed by atoms with E-state index in [-0.39, 0.29) is 12.0 Å². The first-order chi connectivity index (χ1) is 5.79. The Kier molecular flexibility index (Phi) is 1.73. The zero-order valence-corrected chi connectivity index (χ0v) is 7.13. The highest BCUT2D eigenvalue weighted by molar-refractivity contribution is 7.71. The van der Waals surface area contributed by atoms with Gasteiger partial charge >= 0.3 is 5.97 Å². The van der Waals surface area contributed by atoms with Crippen LogP contribution in [0.2, 0.25) is 0 Å². The fraction of sp³-hybridized carbons (Fsp3) is 0.429. The summed E-state index contributed by atoms with van der Waals surface area (Å²) in [4.78, 5) is 14.0. The third kappa shape index (κ3) is 1.06. The Balaban J connectivity index is 2.36. The minimum absolute atomic E-state index is 0.189. The van der Waals surface area contributed by atoms with Crippen LogP contribution in [0, 0.1) is 4.77 Å². The van der Waals surface area contributed by atoms with Crippen molar-refractivity contribution in [2.45, 2.75) is 12.5 Å². The molecular weight excluding hydrogens is 176 g/mol. The molecule has 0 saturated carbocycles. The molecule has 1 aliphatic rings. The molecule has 0 amide bonds. The Hall–Kier alpha value is -1.10. The number of hydrogen-bond donors (Lipinski definition) is 1. The Morgan fingerprint density at radius 3 is 3.08 bits per heavy atom. The molecule has 1 N–H and O–H groups in total. The van der Waals surface area contributed by atoms with Crippen molar-refractivity contribution in [1.82, 2.24) is 9.55 Å². The molecule has 2 rings (SSSR count). The molecule has 1 saturated heterocycles. The highest BCUT2D eigenvalue weighted by atomic mass is 32.1. The first-order valence-electron chi connectivity index (χ1n) is 3.71. The van der Waals surface area contributed by atoms with E-state index < -0.39 is 0 Å². The van der Waals surface area contributed by atoms with E-state index >= 15 is 0 Å². The lowest BCUT2D eigenvalue weighted by atomic mass is 10.2. The van der Waals surface area contributed by atoms with E-state index in [2.05, 4.69) is 4.98 Å². The lowest BCUT2D eigenvalue weighted by molar-refractivity contribution is -0.140. The summed E-state index contributed by atoms with van der Waals surface area (Å²) in [6.45, 7) is 0.496. The molecule has 1 fully saturated rings. The molecule has 1 aromatic rings. The van der Waals surface area contributed by atoms with Crippen molar-refractivity contribution in [2.75, 3.05) is 6.61 Å². The summed E-state index contributed by atoms with van der Waals surface area (Å²) >= 11 is 4.97. The second-order valence-corrected chi connectivity index (χ2v) is 3.03. The number of carbonyl (C=O) groups is 1. The van der Waals surface area contributed by atoms with Crippen LogP contribution < -0.4 is 0 Å². The van der Waals surface area contributed by atoms with Gasteiger partial charge in [0.2, 0.25) is 0 Å². The number of imidazole rings is 1. The zero-order chi connectivity index (χ0) is 8.55. The zero-order valence-electron chi connectivity index (χ0n) is 6.32. The van der Waals surface area contributed by atoms with Crippen LogP contribution >= 0.6 is 12.2 Å². The van der Waals surface area contributed by atoms with Crippen LogP contribution in [0.5, 0.6) is 0 Å². The molecule has 1 aliphatic heterocycles. The first kappa shape index (κ1) is 7.54. The molecular formula is C7H8N2O2S. The van der Waals surface area contributed by atoms with Gasteiger partial charge in [0.05, 0.1) is 6.61 Å². The molecule has 0 spiro atoms. The van der Waals surface area contributed by atoms with Gasteiger partial charge < -0.3 is 14.3 Å². The second-order valence-electron chi connectivity index (χ2n) is 2.64. The van der Waals surface area contributed by atoms with Gasteiger partial charge in [-0.15, -0.1) is 0 Å².